The first kappa shape index (κ1) is 12.0. The molecule has 0 saturated heterocycles. The van der Waals surface area contributed by atoms with Gasteiger partial charge < -0.3 is 5.43 Å². The van der Waals surface area contributed by atoms with Crippen LogP contribution in [-0.2, 0) is 5.41 Å². The smallest absolute Gasteiger partial charge is 0.0485 e. The molecule has 0 bridgehead atoms. The number of nitrogens with two attached hydrogens (primary N) is 1. The Hall–Kier alpha value is -1.02. The van der Waals surface area contributed by atoms with Crippen LogP contribution in [0.5, 0.6) is 0 Å². The molecule has 0 unspecified atom stereocenters. The molecule has 0 spiro atoms. The van der Waals surface area contributed by atoms with E-state index in [1.54, 1.807) is 0 Å². The van der Waals surface area contributed by atoms with E-state index >= 15 is 0 Å². The van der Waals surface area contributed by atoms with E-state index in [2.05, 4.69) is 38.3 Å². The van der Waals surface area contributed by atoms with Gasteiger partial charge in [-0.2, -0.15) is 0 Å². The summed E-state index contributed by atoms with van der Waals surface area (Å²) in [6, 6.07) is 8.16. The number of benzene rings is 1. The Morgan fingerprint density at radius 1 is 1.08 bits per heavy atom. The molecule has 1 rings (SSSR count). The molecule has 13 heavy (non-hydrogen) atoms. The number of rotatable bonds is 1. The molecule has 1 aromatic carbocycles. The SMILES string of the molecule is C.CC(C)(C)c1ccc(NN)cc1. The molecule has 0 atom stereocenters. The van der Waals surface area contributed by atoms with Crippen molar-refractivity contribution in [2.24, 2.45) is 5.84 Å². The van der Waals surface area contributed by atoms with Crippen LogP contribution in [0.4, 0.5) is 5.69 Å². The third-order valence-electron chi connectivity index (χ3n) is 1.92. The van der Waals surface area contributed by atoms with Gasteiger partial charge in [0.15, 0.2) is 0 Å². The summed E-state index contributed by atoms with van der Waals surface area (Å²) in [5, 5.41) is 0. The van der Waals surface area contributed by atoms with Crippen molar-refractivity contribution >= 4 is 5.69 Å². The Balaban J connectivity index is 0.00000144. The Kier molecular flexibility index (Phi) is 3.95. The Labute approximate surface area is 81.1 Å². The Morgan fingerprint density at radius 3 is 1.85 bits per heavy atom. The van der Waals surface area contributed by atoms with Gasteiger partial charge in [0.05, 0.1) is 0 Å². The Bertz CT molecular complexity index is 244. The predicted octanol–water partition coefficient (Wildman–Crippen LogP) is 2.91. The van der Waals surface area contributed by atoms with Gasteiger partial charge in [-0.15, -0.1) is 0 Å². The van der Waals surface area contributed by atoms with Crippen LogP contribution in [0.25, 0.3) is 0 Å². The topological polar surface area (TPSA) is 38.0 Å². The number of anilines is 1. The molecule has 3 N–H and O–H groups in total. The van der Waals surface area contributed by atoms with Crippen LogP contribution < -0.4 is 11.3 Å². The van der Waals surface area contributed by atoms with Crippen molar-refractivity contribution in [1.29, 1.82) is 0 Å². The molecule has 74 valence electrons. The fourth-order valence-corrected chi connectivity index (χ4v) is 1.07. The monoisotopic (exact) mass is 180 g/mol. The largest absolute Gasteiger partial charge is 0.324 e. The number of nitrogen functional groups attached to an aromatic ring is 1. The van der Waals surface area contributed by atoms with E-state index in [0.29, 0.717) is 0 Å². The van der Waals surface area contributed by atoms with Crippen LogP contribution in [0, 0.1) is 0 Å². The molecule has 0 fully saturated rings. The standard InChI is InChI=1S/C10H16N2.CH4/c1-10(2,3)8-4-6-9(12-11)7-5-8;/h4-7,12H,11H2,1-3H3;1H4. The zero-order valence-corrected chi connectivity index (χ0v) is 7.89. The van der Waals surface area contributed by atoms with Crippen LogP contribution in [0.2, 0.25) is 0 Å². The highest BCUT2D eigenvalue weighted by molar-refractivity contribution is 5.44. The van der Waals surface area contributed by atoms with Crippen molar-refractivity contribution in [2.75, 3.05) is 5.43 Å². The number of hydrogen-bond acceptors (Lipinski definition) is 2. The lowest BCUT2D eigenvalue weighted by atomic mass is 9.87. The highest BCUT2D eigenvalue weighted by Gasteiger charge is 2.12. The average Bonchev–Trinajstić information content (AvgIpc) is 2.03. The van der Waals surface area contributed by atoms with E-state index in [1.807, 2.05) is 12.1 Å². The maximum absolute atomic E-state index is 5.26. The normalized spacial score (nSPS) is 10.5. The van der Waals surface area contributed by atoms with Crippen LogP contribution in [0.15, 0.2) is 24.3 Å². The van der Waals surface area contributed by atoms with E-state index in [-0.39, 0.29) is 12.8 Å². The number of hydrogen-bond donors (Lipinski definition) is 2. The summed E-state index contributed by atoms with van der Waals surface area (Å²) in [7, 11) is 0. The van der Waals surface area contributed by atoms with Crippen molar-refractivity contribution in [2.45, 2.75) is 33.6 Å². The third kappa shape index (κ3) is 3.07. The van der Waals surface area contributed by atoms with Gasteiger partial charge in [-0.25, -0.2) is 0 Å². The van der Waals surface area contributed by atoms with Gasteiger partial charge >= 0.3 is 0 Å². The quantitative estimate of drug-likeness (QED) is 0.515. The first-order valence-corrected chi connectivity index (χ1v) is 4.11. The second kappa shape index (κ2) is 4.28. The van der Waals surface area contributed by atoms with E-state index in [0.717, 1.165) is 5.69 Å². The number of hydrazine groups is 1. The van der Waals surface area contributed by atoms with E-state index in [4.69, 9.17) is 5.84 Å². The fourth-order valence-electron chi connectivity index (χ4n) is 1.07. The van der Waals surface area contributed by atoms with Crippen molar-refractivity contribution in [3.8, 4) is 0 Å². The van der Waals surface area contributed by atoms with Gasteiger partial charge in [-0.3, -0.25) is 5.84 Å². The number of nitrogens with one attached hydrogen (secondary N) is 1. The maximum atomic E-state index is 5.26. The zero-order valence-electron chi connectivity index (χ0n) is 7.89. The average molecular weight is 180 g/mol. The summed E-state index contributed by atoms with van der Waals surface area (Å²) in [6.45, 7) is 6.58. The minimum absolute atomic E-state index is 0. The van der Waals surface area contributed by atoms with Crippen molar-refractivity contribution in [1.82, 2.24) is 0 Å². The molecule has 2 nitrogen and oxygen atoms in total. The summed E-state index contributed by atoms with van der Waals surface area (Å²) in [5.41, 5.74) is 5.09. The van der Waals surface area contributed by atoms with E-state index in [9.17, 15) is 0 Å². The molecule has 0 amide bonds. The maximum Gasteiger partial charge on any atom is 0.0485 e. The first-order valence-electron chi connectivity index (χ1n) is 4.11. The minimum Gasteiger partial charge on any atom is -0.324 e. The first-order chi connectivity index (χ1) is 5.54. The molecule has 0 aliphatic rings. The molecular weight excluding hydrogens is 160 g/mol. The molecule has 2 heteroatoms. The highest BCUT2D eigenvalue weighted by Crippen LogP contribution is 2.22. The molecule has 0 aliphatic carbocycles. The summed E-state index contributed by atoms with van der Waals surface area (Å²) in [5.74, 6) is 5.26. The van der Waals surface area contributed by atoms with Crippen molar-refractivity contribution < 1.29 is 0 Å². The molecule has 0 heterocycles. The second-order valence-electron chi connectivity index (χ2n) is 3.97. The summed E-state index contributed by atoms with van der Waals surface area (Å²) in [4.78, 5) is 0. The van der Waals surface area contributed by atoms with Gasteiger partial charge in [-0.05, 0) is 23.1 Å². The predicted molar refractivity (Wildman–Crippen MR) is 59.7 cm³/mol. The fraction of sp³-hybridized carbons (Fsp3) is 0.455. The van der Waals surface area contributed by atoms with Gasteiger partial charge in [0.25, 0.3) is 0 Å². The molecule has 0 radical (unpaired) electrons. The van der Waals surface area contributed by atoms with Crippen LogP contribution >= 0.6 is 0 Å². The van der Waals surface area contributed by atoms with E-state index in [1.165, 1.54) is 5.56 Å². The molecular formula is C11H20N2. The summed E-state index contributed by atoms with van der Waals surface area (Å²) in [6.07, 6.45) is 0. The van der Waals surface area contributed by atoms with Gasteiger partial charge in [0.2, 0.25) is 0 Å². The van der Waals surface area contributed by atoms with Crippen LogP contribution in [0.3, 0.4) is 0 Å². The second-order valence-corrected chi connectivity index (χ2v) is 3.97. The summed E-state index contributed by atoms with van der Waals surface area (Å²) < 4.78 is 0. The lowest BCUT2D eigenvalue weighted by Crippen LogP contribution is -2.11. The lowest BCUT2D eigenvalue weighted by molar-refractivity contribution is 0.590. The van der Waals surface area contributed by atoms with E-state index < -0.39 is 0 Å². The third-order valence-corrected chi connectivity index (χ3v) is 1.92. The van der Waals surface area contributed by atoms with Crippen LogP contribution in [0.1, 0.15) is 33.8 Å². The zero-order chi connectivity index (χ0) is 9.19. The van der Waals surface area contributed by atoms with Crippen molar-refractivity contribution in [3.05, 3.63) is 29.8 Å². The molecule has 0 saturated carbocycles. The lowest BCUT2D eigenvalue weighted by Gasteiger charge is -2.18. The molecule has 1 aromatic rings. The minimum atomic E-state index is 0. The van der Waals surface area contributed by atoms with Crippen LogP contribution in [-0.4, -0.2) is 0 Å². The molecule has 0 aliphatic heterocycles. The van der Waals surface area contributed by atoms with Crippen molar-refractivity contribution in [3.63, 3.8) is 0 Å². The van der Waals surface area contributed by atoms with Gasteiger partial charge in [-0.1, -0.05) is 40.3 Å². The summed E-state index contributed by atoms with van der Waals surface area (Å²) >= 11 is 0. The molecule has 0 aromatic heterocycles. The van der Waals surface area contributed by atoms with Gasteiger partial charge in [0, 0.05) is 5.69 Å². The Morgan fingerprint density at radius 2 is 1.54 bits per heavy atom. The highest BCUT2D eigenvalue weighted by atomic mass is 15.2. The van der Waals surface area contributed by atoms with Gasteiger partial charge in [0.1, 0.15) is 0 Å².